The maximum absolute atomic E-state index is 10.7. The zero-order valence-electron chi connectivity index (χ0n) is 9.55. The first-order chi connectivity index (χ1) is 6.61. The third-order valence-electron chi connectivity index (χ3n) is 3.12. The van der Waals surface area contributed by atoms with Crippen molar-refractivity contribution in [3.63, 3.8) is 0 Å². The summed E-state index contributed by atoms with van der Waals surface area (Å²) in [4.78, 5) is 13.2. The second kappa shape index (κ2) is 5.35. The van der Waals surface area contributed by atoms with Crippen LogP contribution >= 0.6 is 0 Å². The van der Waals surface area contributed by atoms with Crippen molar-refractivity contribution in [1.29, 1.82) is 0 Å². The first-order valence-corrected chi connectivity index (χ1v) is 5.61. The number of amides is 1. The molecular weight excluding hydrogens is 176 g/mol. The first kappa shape index (κ1) is 11.5. The lowest BCUT2D eigenvalue weighted by atomic mass is 9.98. The van der Waals surface area contributed by atoms with E-state index in [2.05, 4.69) is 24.1 Å². The predicted molar refractivity (Wildman–Crippen MR) is 58.2 cm³/mol. The third kappa shape index (κ3) is 3.29. The molecule has 1 aliphatic heterocycles. The minimum Gasteiger partial charge on any atom is -0.355 e. The Hall–Kier alpha value is -0.570. The van der Waals surface area contributed by atoms with Gasteiger partial charge in [0, 0.05) is 32.1 Å². The predicted octanol–water partition coefficient (Wildman–Crippen LogP) is 1.39. The Kier molecular flexibility index (Phi) is 4.39. The van der Waals surface area contributed by atoms with Crippen LogP contribution in [-0.4, -0.2) is 36.0 Å². The van der Waals surface area contributed by atoms with Crippen LogP contribution in [0.1, 0.15) is 40.0 Å². The molecule has 3 nitrogen and oxygen atoms in total. The SMILES string of the molecule is CC(=O)NCCN1C(C)CCCC1C. The Labute approximate surface area is 86.9 Å². The van der Waals surface area contributed by atoms with E-state index < -0.39 is 0 Å². The number of likely N-dealkylation sites (tertiary alicyclic amines) is 1. The zero-order chi connectivity index (χ0) is 10.6. The van der Waals surface area contributed by atoms with Gasteiger partial charge in [-0.15, -0.1) is 0 Å². The van der Waals surface area contributed by atoms with Gasteiger partial charge in [0.05, 0.1) is 0 Å². The number of carbonyl (C=O) groups is 1. The average molecular weight is 198 g/mol. The van der Waals surface area contributed by atoms with Gasteiger partial charge in [-0.3, -0.25) is 9.69 Å². The third-order valence-corrected chi connectivity index (χ3v) is 3.12. The van der Waals surface area contributed by atoms with Crippen LogP contribution in [0, 0.1) is 0 Å². The van der Waals surface area contributed by atoms with Crippen LogP contribution in [0.5, 0.6) is 0 Å². The molecule has 1 saturated heterocycles. The molecule has 1 aliphatic rings. The van der Waals surface area contributed by atoms with Crippen LogP contribution in [0.3, 0.4) is 0 Å². The maximum atomic E-state index is 10.7. The van der Waals surface area contributed by atoms with E-state index in [1.807, 2.05) is 0 Å². The van der Waals surface area contributed by atoms with Gasteiger partial charge in [0.25, 0.3) is 0 Å². The van der Waals surface area contributed by atoms with Gasteiger partial charge in [0.1, 0.15) is 0 Å². The van der Waals surface area contributed by atoms with Crippen LogP contribution in [0.4, 0.5) is 0 Å². The van der Waals surface area contributed by atoms with Gasteiger partial charge >= 0.3 is 0 Å². The lowest BCUT2D eigenvalue weighted by Crippen LogP contribution is -2.47. The van der Waals surface area contributed by atoms with E-state index >= 15 is 0 Å². The minimum atomic E-state index is 0.0716. The molecule has 0 aromatic carbocycles. The van der Waals surface area contributed by atoms with Crippen molar-refractivity contribution in [2.45, 2.75) is 52.1 Å². The number of piperidine rings is 1. The Morgan fingerprint density at radius 1 is 1.36 bits per heavy atom. The van der Waals surface area contributed by atoms with E-state index in [-0.39, 0.29) is 5.91 Å². The molecule has 0 aromatic heterocycles. The van der Waals surface area contributed by atoms with Crippen LogP contribution in [0.25, 0.3) is 0 Å². The topological polar surface area (TPSA) is 32.3 Å². The molecule has 0 saturated carbocycles. The zero-order valence-corrected chi connectivity index (χ0v) is 9.55. The fraction of sp³-hybridized carbons (Fsp3) is 0.909. The van der Waals surface area contributed by atoms with E-state index in [1.165, 1.54) is 19.3 Å². The first-order valence-electron chi connectivity index (χ1n) is 5.61. The van der Waals surface area contributed by atoms with Crippen LogP contribution < -0.4 is 5.32 Å². The summed E-state index contributed by atoms with van der Waals surface area (Å²) in [5.74, 6) is 0.0716. The summed E-state index contributed by atoms with van der Waals surface area (Å²) in [6.45, 7) is 7.90. The number of rotatable bonds is 3. The highest BCUT2D eigenvalue weighted by molar-refractivity contribution is 5.72. The average Bonchev–Trinajstić information content (AvgIpc) is 2.09. The summed E-state index contributed by atoms with van der Waals surface area (Å²) < 4.78 is 0. The maximum Gasteiger partial charge on any atom is 0.216 e. The van der Waals surface area contributed by atoms with E-state index in [4.69, 9.17) is 0 Å². The minimum absolute atomic E-state index is 0.0716. The second-order valence-corrected chi connectivity index (χ2v) is 4.35. The molecule has 3 heteroatoms. The molecule has 0 spiro atoms. The monoisotopic (exact) mass is 198 g/mol. The van der Waals surface area contributed by atoms with Crippen molar-refractivity contribution >= 4 is 5.91 Å². The van der Waals surface area contributed by atoms with Crippen molar-refractivity contribution in [3.05, 3.63) is 0 Å². The summed E-state index contributed by atoms with van der Waals surface area (Å²) in [5.41, 5.74) is 0. The Morgan fingerprint density at radius 3 is 2.43 bits per heavy atom. The van der Waals surface area contributed by atoms with Crippen LogP contribution in [0.2, 0.25) is 0 Å². The molecule has 82 valence electrons. The van der Waals surface area contributed by atoms with E-state index in [1.54, 1.807) is 6.92 Å². The smallest absolute Gasteiger partial charge is 0.216 e. The fourth-order valence-electron chi connectivity index (χ4n) is 2.28. The normalized spacial score (nSPS) is 28.8. The van der Waals surface area contributed by atoms with Crippen molar-refractivity contribution < 1.29 is 4.79 Å². The molecule has 1 amide bonds. The van der Waals surface area contributed by atoms with E-state index in [9.17, 15) is 4.79 Å². The van der Waals surface area contributed by atoms with Gasteiger partial charge in [-0.1, -0.05) is 6.42 Å². The molecule has 0 aliphatic carbocycles. The van der Waals surface area contributed by atoms with E-state index in [0.29, 0.717) is 12.1 Å². The molecular formula is C11H22N2O. The molecule has 2 atom stereocenters. The summed E-state index contributed by atoms with van der Waals surface area (Å²) in [6, 6.07) is 1.35. The van der Waals surface area contributed by atoms with E-state index in [0.717, 1.165) is 13.1 Å². The fourth-order valence-corrected chi connectivity index (χ4v) is 2.28. The molecule has 1 rings (SSSR count). The largest absolute Gasteiger partial charge is 0.355 e. The summed E-state index contributed by atoms with van der Waals surface area (Å²) in [6.07, 6.45) is 3.94. The molecule has 0 aromatic rings. The quantitative estimate of drug-likeness (QED) is 0.743. The number of hydrogen-bond donors (Lipinski definition) is 1. The Morgan fingerprint density at radius 2 is 1.93 bits per heavy atom. The number of nitrogens with one attached hydrogen (secondary N) is 1. The van der Waals surface area contributed by atoms with Gasteiger partial charge in [0.2, 0.25) is 5.91 Å². The van der Waals surface area contributed by atoms with Gasteiger partial charge in [-0.25, -0.2) is 0 Å². The summed E-state index contributed by atoms with van der Waals surface area (Å²) in [7, 11) is 0. The lowest BCUT2D eigenvalue weighted by Gasteiger charge is -2.38. The van der Waals surface area contributed by atoms with Gasteiger partial charge in [-0.05, 0) is 26.7 Å². The summed E-state index contributed by atoms with van der Waals surface area (Å²) in [5, 5.41) is 2.85. The highest BCUT2D eigenvalue weighted by Gasteiger charge is 2.23. The molecule has 0 radical (unpaired) electrons. The standard InChI is InChI=1S/C11H22N2O/c1-9-5-4-6-10(2)13(9)8-7-12-11(3)14/h9-10H,4-8H2,1-3H3,(H,12,14). The molecule has 1 fully saturated rings. The van der Waals surface area contributed by atoms with Gasteiger partial charge < -0.3 is 5.32 Å². The van der Waals surface area contributed by atoms with Crippen molar-refractivity contribution in [2.75, 3.05) is 13.1 Å². The number of carbonyl (C=O) groups excluding carboxylic acids is 1. The number of hydrogen-bond acceptors (Lipinski definition) is 2. The van der Waals surface area contributed by atoms with Crippen LogP contribution in [-0.2, 0) is 4.79 Å². The highest BCUT2D eigenvalue weighted by Crippen LogP contribution is 2.21. The highest BCUT2D eigenvalue weighted by atomic mass is 16.1. The van der Waals surface area contributed by atoms with Crippen molar-refractivity contribution in [3.8, 4) is 0 Å². The molecule has 14 heavy (non-hydrogen) atoms. The second-order valence-electron chi connectivity index (χ2n) is 4.35. The van der Waals surface area contributed by atoms with Crippen molar-refractivity contribution in [1.82, 2.24) is 10.2 Å². The molecule has 1 heterocycles. The molecule has 0 bridgehead atoms. The molecule has 1 N–H and O–H groups in total. The lowest BCUT2D eigenvalue weighted by molar-refractivity contribution is -0.119. The number of nitrogens with zero attached hydrogens (tertiary/aromatic N) is 1. The molecule has 2 unspecified atom stereocenters. The van der Waals surface area contributed by atoms with Gasteiger partial charge in [0.15, 0.2) is 0 Å². The van der Waals surface area contributed by atoms with Gasteiger partial charge in [-0.2, -0.15) is 0 Å². The van der Waals surface area contributed by atoms with Crippen molar-refractivity contribution in [2.24, 2.45) is 0 Å². The Bertz CT molecular complexity index is 184. The summed E-state index contributed by atoms with van der Waals surface area (Å²) >= 11 is 0. The Balaban J connectivity index is 2.29. The van der Waals surface area contributed by atoms with Crippen LogP contribution in [0.15, 0.2) is 0 Å².